The molecule has 0 unspecified atom stereocenters. The second-order valence-corrected chi connectivity index (χ2v) is 12.3. The first-order valence-electron chi connectivity index (χ1n) is 11.2. The Labute approximate surface area is 218 Å². The van der Waals surface area contributed by atoms with E-state index in [0.29, 0.717) is 24.0 Å². The van der Waals surface area contributed by atoms with E-state index in [2.05, 4.69) is 9.73 Å². The van der Waals surface area contributed by atoms with Gasteiger partial charge in [0.25, 0.3) is 5.91 Å². The molecule has 14 heteroatoms. The third-order valence-electron chi connectivity index (χ3n) is 5.95. The first-order chi connectivity index (χ1) is 17.7. The average Bonchev–Trinajstić information content (AvgIpc) is 3.22. The van der Waals surface area contributed by atoms with Gasteiger partial charge < -0.3 is 16.2 Å². The van der Waals surface area contributed by atoms with Crippen LogP contribution in [0.25, 0.3) is 0 Å². The first-order valence-corrected chi connectivity index (χ1v) is 14.5. The number of Topliss-reactive ketones (excluding diaryl/α,β-unsaturated/α-hetero) is 2. The number of carbonyl (C=O) groups is 4. The zero-order valence-electron chi connectivity index (χ0n) is 20.7. The number of hydrogen-bond acceptors (Lipinski definition) is 9. The molecule has 0 atom stereocenters. The van der Waals surface area contributed by atoms with Crippen LogP contribution in [0.2, 0.25) is 0 Å². The molecular formula is C24H25N3O9S2. The Morgan fingerprint density at radius 1 is 0.816 bits per heavy atom. The van der Waals surface area contributed by atoms with Gasteiger partial charge in [-0.25, -0.2) is 21.6 Å². The lowest BCUT2D eigenvalue weighted by atomic mass is 10.00. The molecule has 0 bridgehead atoms. The van der Waals surface area contributed by atoms with Crippen molar-refractivity contribution in [2.24, 2.45) is 16.5 Å². The molecule has 0 spiro atoms. The SMILES string of the molecule is CCc1cc2c(cc1C(=O)N=C(N)N)S(=O)(=O)CC2=O.CCc1cc2c(cc1C(=O)OC)S(=O)(=O)CC2=O. The number of nitrogens with two attached hydrogens (primary N) is 2. The molecule has 0 aliphatic carbocycles. The van der Waals surface area contributed by atoms with Crippen LogP contribution >= 0.6 is 0 Å². The lowest BCUT2D eigenvalue weighted by molar-refractivity contribution is 0.0598. The summed E-state index contributed by atoms with van der Waals surface area (Å²) in [7, 11) is -6.05. The Kier molecular flexibility index (Phi) is 7.88. The minimum Gasteiger partial charge on any atom is -0.465 e. The van der Waals surface area contributed by atoms with E-state index < -0.39 is 60.6 Å². The quantitative estimate of drug-likeness (QED) is 0.299. The Bertz CT molecular complexity index is 1640. The third-order valence-corrected chi connectivity index (χ3v) is 9.25. The number of ether oxygens (including phenoxy) is 1. The minimum atomic E-state index is -3.68. The van der Waals surface area contributed by atoms with Gasteiger partial charge in [-0.3, -0.25) is 14.4 Å². The van der Waals surface area contributed by atoms with Gasteiger partial charge in [-0.1, -0.05) is 13.8 Å². The van der Waals surface area contributed by atoms with Crippen LogP contribution in [0.1, 0.15) is 66.4 Å². The van der Waals surface area contributed by atoms with Gasteiger partial charge in [-0.15, -0.1) is 0 Å². The maximum atomic E-state index is 11.9. The molecule has 1 amide bonds. The van der Waals surface area contributed by atoms with Gasteiger partial charge in [0.1, 0.15) is 11.5 Å². The van der Waals surface area contributed by atoms with E-state index in [1.165, 1.54) is 31.4 Å². The fraction of sp³-hybridized carbons (Fsp3) is 0.292. The van der Waals surface area contributed by atoms with Crippen LogP contribution in [-0.2, 0) is 37.3 Å². The van der Waals surface area contributed by atoms with E-state index >= 15 is 0 Å². The standard InChI is InChI=1S/C12H13N3O4S.C12H12O5S/c1-2-6-3-8-9(16)5-20(18,19)10(8)4-7(6)11(17)15-12(13)14;1-3-7-4-9-10(13)6-18(15,16)11(9)5-8(7)12(14)17-2/h3-4H,2,5H2,1H3,(H4,13,14,15,17);4-5H,3,6H2,1-2H3. The van der Waals surface area contributed by atoms with E-state index in [1.54, 1.807) is 6.92 Å². The fourth-order valence-corrected chi connectivity index (χ4v) is 7.04. The Morgan fingerprint density at radius 3 is 1.63 bits per heavy atom. The number of methoxy groups -OCH3 is 1. The molecule has 2 aromatic carbocycles. The third kappa shape index (κ3) is 5.36. The average molecular weight is 564 g/mol. The number of ketones is 2. The van der Waals surface area contributed by atoms with Crippen LogP contribution in [0.15, 0.2) is 39.0 Å². The number of aliphatic imine (C=N–C) groups is 1. The summed E-state index contributed by atoms with van der Waals surface area (Å²) in [6.45, 7) is 3.60. The number of carbonyl (C=O) groups excluding carboxylic acids is 4. The van der Waals surface area contributed by atoms with Gasteiger partial charge in [0.2, 0.25) is 0 Å². The van der Waals surface area contributed by atoms with Crippen LogP contribution in [0.3, 0.4) is 0 Å². The highest BCUT2D eigenvalue weighted by Crippen LogP contribution is 2.31. The van der Waals surface area contributed by atoms with E-state index in [-0.39, 0.29) is 32.0 Å². The molecule has 4 rings (SSSR count). The van der Waals surface area contributed by atoms with Crippen molar-refractivity contribution >= 4 is 49.1 Å². The maximum absolute atomic E-state index is 11.9. The van der Waals surface area contributed by atoms with E-state index in [9.17, 15) is 36.0 Å². The first kappa shape index (κ1) is 28.7. The number of aryl methyl sites for hydroxylation is 2. The molecule has 0 saturated heterocycles. The molecular weight excluding hydrogens is 538 g/mol. The summed E-state index contributed by atoms with van der Waals surface area (Å²) in [5.74, 6) is -3.69. The van der Waals surface area contributed by atoms with Crippen molar-refractivity contribution in [1.29, 1.82) is 0 Å². The molecule has 202 valence electrons. The van der Waals surface area contributed by atoms with Gasteiger partial charge in [0, 0.05) is 16.7 Å². The van der Waals surface area contributed by atoms with Crippen LogP contribution in [0, 0.1) is 0 Å². The highest BCUT2D eigenvalue weighted by atomic mass is 32.2. The van der Waals surface area contributed by atoms with Crippen molar-refractivity contribution in [2.45, 2.75) is 36.5 Å². The van der Waals surface area contributed by atoms with Crippen molar-refractivity contribution in [3.05, 3.63) is 57.6 Å². The van der Waals surface area contributed by atoms with Gasteiger partial charge in [0.15, 0.2) is 37.2 Å². The Morgan fingerprint density at radius 2 is 1.24 bits per heavy atom. The fourth-order valence-electron chi connectivity index (χ4n) is 4.12. The van der Waals surface area contributed by atoms with E-state index in [1.807, 2.05) is 6.92 Å². The van der Waals surface area contributed by atoms with Crippen molar-refractivity contribution < 1.29 is 40.8 Å². The van der Waals surface area contributed by atoms with E-state index in [4.69, 9.17) is 11.5 Å². The summed E-state index contributed by atoms with van der Waals surface area (Å²) in [6.07, 6.45) is 0.965. The number of sulfone groups is 2. The molecule has 12 nitrogen and oxygen atoms in total. The Hall–Kier alpha value is -3.91. The van der Waals surface area contributed by atoms with Crippen molar-refractivity contribution in [3.8, 4) is 0 Å². The minimum absolute atomic E-state index is 0.0647. The summed E-state index contributed by atoms with van der Waals surface area (Å²) in [6, 6.07) is 5.34. The zero-order chi connectivity index (χ0) is 28.6. The number of guanidine groups is 1. The lowest BCUT2D eigenvalue weighted by Crippen LogP contribution is -2.24. The topological polar surface area (TPSA) is 210 Å². The smallest absolute Gasteiger partial charge is 0.338 e. The second kappa shape index (κ2) is 10.5. The van der Waals surface area contributed by atoms with E-state index in [0.717, 1.165) is 0 Å². The molecule has 4 N–H and O–H groups in total. The number of esters is 1. The number of fused-ring (bicyclic) bond motifs is 2. The van der Waals surface area contributed by atoms with Gasteiger partial charge in [0.05, 0.1) is 22.5 Å². The van der Waals surface area contributed by atoms with Crippen LogP contribution < -0.4 is 11.5 Å². The summed E-state index contributed by atoms with van der Waals surface area (Å²) >= 11 is 0. The van der Waals surface area contributed by atoms with Crippen molar-refractivity contribution in [2.75, 3.05) is 18.6 Å². The highest BCUT2D eigenvalue weighted by molar-refractivity contribution is 7.93. The predicted molar refractivity (Wildman–Crippen MR) is 136 cm³/mol. The zero-order valence-corrected chi connectivity index (χ0v) is 22.4. The number of rotatable bonds is 4. The summed E-state index contributed by atoms with van der Waals surface area (Å²) < 4.78 is 51.8. The molecule has 0 saturated carbocycles. The van der Waals surface area contributed by atoms with Crippen molar-refractivity contribution in [3.63, 3.8) is 0 Å². The largest absolute Gasteiger partial charge is 0.465 e. The molecule has 2 aliphatic rings. The molecule has 2 aromatic rings. The molecule has 0 fully saturated rings. The number of benzene rings is 2. The predicted octanol–water partition coefficient (Wildman–Crippen LogP) is 0.638. The Balaban J connectivity index is 0.000000212. The van der Waals surface area contributed by atoms with Crippen LogP contribution in [0.5, 0.6) is 0 Å². The highest BCUT2D eigenvalue weighted by Gasteiger charge is 2.36. The number of amides is 1. The number of hydrogen-bond donors (Lipinski definition) is 2. The second-order valence-electron chi connectivity index (χ2n) is 8.42. The molecule has 38 heavy (non-hydrogen) atoms. The van der Waals surface area contributed by atoms with Crippen LogP contribution in [0.4, 0.5) is 0 Å². The monoisotopic (exact) mass is 563 g/mol. The molecule has 2 aliphatic heterocycles. The summed E-state index contributed by atoms with van der Waals surface area (Å²) in [4.78, 5) is 50.0. The summed E-state index contributed by atoms with van der Waals surface area (Å²) in [5.41, 5.74) is 12.0. The van der Waals surface area contributed by atoms with Gasteiger partial charge >= 0.3 is 5.97 Å². The summed E-state index contributed by atoms with van der Waals surface area (Å²) in [5, 5.41) is 0. The van der Waals surface area contributed by atoms with Crippen LogP contribution in [-0.4, -0.2) is 64.9 Å². The lowest BCUT2D eigenvalue weighted by Gasteiger charge is -2.08. The molecule has 0 radical (unpaired) electrons. The number of nitrogens with zero attached hydrogens (tertiary/aromatic N) is 1. The molecule has 2 heterocycles. The maximum Gasteiger partial charge on any atom is 0.338 e. The van der Waals surface area contributed by atoms with Gasteiger partial charge in [-0.05, 0) is 48.2 Å². The molecule has 0 aromatic heterocycles. The van der Waals surface area contributed by atoms with Crippen molar-refractivity contribution in [1.82, 2.24) is 0 Å². The van der Waals surface area contributed by atoms with Gasteiger partial charge in [-0.2, -0.15) is 4.99 Å². The normalized spacial score (nSPS) is 16.1.